The molecule has 0 amide bonds. The molecular weight excluding hydrogens is 534 g/mol. The van der Waals surface area contributed by atoms with E-state index in [4.69, 9.17) is 38.5 Å². The molecule has 2 aromatic heterocycles. The fourth-order valence-electron chi connectivity index (χ4n) is 2.23. The van der Waals surface area contributed by atoms with Crippen LogP contribution in [-0.2, 0) is 6.18 Å². The SMILES string of the molecule is COc1ccc(Nc2cnc(C#N)c(Cl)c2)c(C(F)(F)F)c1.N#Cc1ncc(Br)cc1Cl. The highest BCUT2D eigenvalue weighted by Gasteiger charge is 2.34. The third-order valence-electron chi connectivity index (χ3n) is 3.67. The smallest absolute Gasteiger partial charge is 0.418 e. The van der Waals surface area contributed by atoms with E-state index in [0.29, 0.717) is 5.02 Å². The zero-order valence-corrected chi connectivity index (χ0v) is 19.1. The summed E-state index contributed by atoms with van der Waals surface area (Å²) in [4.78, 5) is 7.51. The molecule has 0 fully saturated rings. The number of anilines is 2. The number of nitrogens with one attached hydrogen (secondary N) is 1. The van der Waals surface area contributed by atoms with Gasteiger partial charge in [0.15, 0.2) is 11.4 Å². The Balaban J connectivity index is 0.000000303. The summed E-state index contributed by atoms with van der Waals surface area (Å²) in [6.07, 6.45) is -1.79. The van der Waals surface area contributed by atoms with Gasteiger partial charge in [0.05, 0.1) is 40.3 Å². The minimum Gasteiger partial charge on any atom is -0.497 e. The number of pyridine rings is 2. The summed E-state index contributed by atoms with van der Waals surface area (Å²) in [5, 5.41) is 20.1. The van der Waals surface area contributed by atoms with Gasteiger partial charge in [-0.2, -0.15) is 23.7 Å². The van der Waals surface area contributed by atoms with Gasteiger partial charge in [-0.15, -0.1) is 0 Å². The Morgan fingerprint density at radius 3 is 2.09 bits per heavy atom. The average molecular weight is 545 g/mol. The number of hydrogen-bond acceptors (Lipinski definition) is 6. The molecule has 0 aliphatic heterocycles. The van der Waals surface area contributed by atoms with Crippen molar-refractivity contribution < 1.29 is 17.9 Å². The molecule has 12 heteroatoms. The van der Waals surface area contributed by atoms with Gasteiger partial charge in [0.25, 0.3) is 0 Å². The summed E-state index contributed by atoms with van der Waals surface area (Å²) in [5.41, 5.74) is -0.564. The van der Waals surface area contributed by atoms with Gasteiger partial charge >= 0.3 is 6.18 Å². The molecule has 0 radical (unpaired) electrons. The van der Waals surface area contributed by atoms with Gasteiger partial charge < -0.3 is 10.1 Å². The summed E-state index contributed by atoms with van der Waals surface area (Å²) in [6.45, 7) is 0. The van der Waals surface area contributed by atoms with Gasteiger partial charge in [-0.25, -0.2) is 9.97 Å². The normalized spacial score (nSPS) is 10.3. The average Bonchev–Trinajstić information content (AvgIpc) is 2.74. The first-order valence-corrected chi connectivity index (χ1v) is 9.93. The molecule has 0 unspecified atom stereocenters. The maximum absolute atomic E-state index is 13.1. The second kappa shape index (κ2) is 11.0. The Morgan fingerprint density at radius 2 is 1.59 bits per heavy atom. The zero-order valence-electron chi connectivity index (χ0n) is 16.0. The second-order valence-corrected chi connectivity index (χ2v) is 7.53. The van der Waals surface area contributed by atoms with Crippen LogP contribution in [-0.4, -0.2) is 17.1 Å². The van der Waals surface area contributed by atoms with Crippen molar-refractivity contribution in [2.45, 2.75) is 6.18 Å². The van der Waals surface area contributed by atoms with Gasteiger partial charge in [0.2, 0.25) is 0 Å². The quantitative estimate of drug-likeness (QED) is 0.392. The maximum atomic E-state index is 13.1. The first-order chi connectivity index (χ1) is 15.1. The van der Waals surface area contributed by atoms with E-state index in [0.717, 1.165) is 10.5 Å². The molecule has 1 N–H and O–H groups in total. The predicted molar refractivity (Wildman–Crippen MR) is 117 cm³/mol. The van der Waals surface area contributed by atoms with Crippen molar-refractivity contribution in [1.82, 2.24) is 9.97 Å². The Hall–Kier alpha value is -3.05. The van der Waals surface area contributed by atoms with Crippen molar-refractivity contribution >= 4 is 50.5 Å². The molecule has 2 heterocycles. The van der Waals surface area contributed by atoms with Crippen molar-refractivity contribution in [1.29, 1.82) is 10.5 Å². The highest BCUT2D eigenvalue weighted by Crippen LogP contribution is 2.38. The molecule has 0 bridgehead atoms. The number of hydrogen-bond donors (Lipinski definition) is 1. The van der Waals surface area contributed by atoms with E-state index in [2.05, 4.69) is 31.2 Å². The lowest BCUT2D eigenvalue weighted by atomic mass is 10.1. The molecule has 0 spiro atoms. The predicted octanol–water partition coefficient (Wildman–Crippen LogP) is 6.75. The van der Waals surface area contributed by atoms with Crippen LogP contribution < -0.4 is 10.1 Å². The van der Waals surface area contributed by atoms with Crippen LogP contribution >= 0.6 is 39.1 Å². The lowest BCUT2D eigenvalue weighted by molar-refractivity contribution is -0.137. The highest BCUT2D eigenvalue weighted by atomic mass is 79.9. The molecule has 0 saturated heterocycles. The van der Waals surface area contributed by atoms with Gasteiger partial charge in [0.1, 0.15) is 17.9 Å². The van der Waals surface area contributed by atoms with E-state index < -0.39 is 11.7 Å². The molecular formula is C20H11BrCl2F3N5O. The number of rotatable bonds is 3. The van der Waals surface area contributed by atoms with Crippen molar-refractivity contribution in [2.24, 2.45) is 0 Å². The van der Waals surface area contributed by atoms with E-state index in [9.17, 15) is 13.2 Å². The van der Waals surface area contributed by atoms with Crippen LogP contribution in [0.25, 0.3) is 0 Å². The van der Waals surface area contributed by atoms with Crippen LogP contribution in [0.4, 0.5) is 24.5 Å². The summed E-state index contributed by atoms with van der Waals surface area (Å²) in [6, 6.07) is 10.1. The molecule has 6 nitrogen and oxygen atoms in total. The molecule has 0 atom stereocenters. The van der Waals surface area contributed by atoms with Gasteiger partial charge in [-0.05, 0) is 46.3 Å². The van der Waals surface area contributed by atoms with Crippen molar-refractivity contribution in [3.63, 3.8) is 0 Å². The summed E-state index contributed by atoms with van der Waals surface area (Å²) in [5.74, 6) is 0.0915. The number of ether oxygens (including phenoxy) is 1. The molecule has 0 aliphatic carbocycles. The van der Waals surface area contributed by atoms with E-state index in [1.807, 2.05) is 6.07 Å². The van der Waals surface area contributed by atoms with Crippen LogP contribution in [0.15, 0.2) is 47.2 Å². The van der Waals surface area contributed by atoms with Crippen LogP contribution in [0.3, 0.4) is 0 Å². The standard InChI is InChI=1S/C14H9ClF3N3O.C6H2BrClN2/c1-22-9-2-3-12(10(5-9)14(16,17)18)21-8-4-11(15)13(6-19)20-7-8;7-4-1-5(8)6(2-9)10-3-4/h2-5,7,21H,1H3;1,3H. The monoisotopic (exact) mass is 543 g/mol. The third kappa shape index (κ3) is 6.72. The summed E-state index contributed by atoms with van der Waals surface area (Å²) in [7, 11) is 1.28. The number of halogens is 6. The highest BCUT2D eigenvalue weighted by molar-refractivity contribution is 9.10. The molecule has 164 valence electrons. The van der Waals surface area contributed by atoms with Crippen LogP contribution in [0.2, 0.25) is 10.0 Å². The first-order valence-electron chi connectivity index (χ1n) is 8.38. The molecule has 0 saturated carbocycles. The number of aromatic nitrogens is 2. The number of methoxy groups -OCH3 is 1. The fraction of sp³-hybridized carbons (Fsp3) is 0.100. The van der Waals surface area contributed by atoms with E-state index >= 15 is 0 Å². The summed E-state index contributed by atoms with van der Waals surface area (Å²) >= 11 is 14.6. The largest absolute Gasteiger partial charge is 0.497 e. The third-order valence-corrected chi connectivity index (χ3v) is 4.68. The zero-order chi connectivity index (χ0) is 23.9. The lowest BCUT2D eigenvalue weighted by Gasteiger charge is -2.15. The van der Waals surface area contributed by atoms with E-state index in [1.165, 1.54) is 37.7 Å². The van der Waals surface area contributed by atoms with Gasteiger partial charge in [0, 0.05) is 10.7 Å². The first kappa shape index (κ1) is 25.2. The van der Waals surface area contributed by atoms with E-state index in [-0.39, 0.29) is 33.5 Å². The second-order valence-electron chi connectivity index (χ2n) is 5.80. The molecule has 3 rings (SSSR count). The molecule has 3 aromatic rings. The number of benzene rings is 1. The Bertz CT molecular complexity index is 1210. The van der Waals surface area contributed by atoms with Crippen LogP contribution in [0.5, 0.6) is 5.75 Å². The van der Waals surface area contributed by atoms with Gasteiger partial charge in [-0.1, -0.05) is 23.2 Å². The Morgan fingerprint density at radius 1 is 1.00 bits per heavy atom. The van der Waals surface area contributed by atoms with E-state index in [1.54, 1.807) is 12.1 Å². The number of alkyl halides is 3. The van der Waals surface area contributed by atoms with Gasteiger partial charge in [-0.3, -0.25) is 0 Å². The minimum absolute atomic E-state index is 0.00186. The fourth-order valence-corrected chi connectivity index (χ4v) is 3.12. The molecule has 0 aliphatic rings. The minimum atomic E-state index is -4.55. The Kier molecular flexibility index (Phi) is 8.67. The number of nitriles is 2. The number of nitrogens with zero attached hydrogens (tertiary/aromatic N) is 4. The molecule has 32 heavy (non-hydrogen) atoms. The van der Waals surface area contributed by atoms with Crippen LogP contribution in [0, 0.1) is 22.7 Å². The van der Waals surface area contributed by atoms with Crippen molar-refractivity contribution in [3.05, 3.63) is 74.2 Å². The topological polar surface area (TPSA) is 94.6 Å². The Labute approximate surface area is 199 Å². The van der Waals surface area contributed by atoms with Crippen molar-refractivity contribution in [2.75, 3.05) is 12.4 Å². The maximum Gasteiger partial charge on any atom is 0.418 e. The van der Waals surface area contributed by atoms with Crippen LogP contribution in [0.1, 0.15) is 17.0 Å². The van der Waals surface area contributed by atoms with Crippen molar-refractivity contribution in [3.8, 4) is 17.9 Å². The molecule has 1 aromatic carbocycles. The lowest BCUT2D eigenvalue weighted by Crippen LogP contribution is -2.09. The summed E-state index contributed by atoms with van der Waals surface area (Å²) < 4.78 is 44.8.